The molecule has 1 aromatic carbocycles. The molecule has 1 saturated heterocycles. The van der Waals surface area contributed by atoms with Crippen LogP contribution < -0.4 is 4.74 Å². The average molecular weight is 544 g/mol. The number of pyridine rings is 1. The fourth-order valence-corrected chi connectivity index (χ4v) is 6.69. The average Bonchev–Trinajstić information content (AvgIpc) is 3.09. The molecule has 8 nitrogen and oxygen atoms in total. The molecule has 4 rings (SSSR count). The second-order valence-electron chi connectivity index (χ2n) is 10.3. The summed E-state index contributed by atoms with van der Waals surface area (Å²) in [6.07, 6.45) is -3.79. The van der Waals surface area contributed by atoms with Gasteiger partial charge in [0.2, 0.25) is 0 Å². The number of carbonyl (C=O) groups is 1. The molecule has 0 spiro atoms. The Kier molecular flexibility index (Phi) is 6.39. The van der Waals surface area contributed by atoms with E-state index in [2.05, 4.69) is 14.8 Å². The smallest absolute Gasteiger partial charge is 0.406 e. The Morgan fingerprint density at radius 1 is 1.24 bits per heavy atom. The zero-order valence-electron chi connectivity index (χ0n) is 20.4. The topological polar surface area (TPSA) is 111 Å². The molecule has 1 aliphatic heterocycles. The van der Waals surface area contributed by atoms with E-state index in [4.69, 9.17) is 0 Å². The molecule has 0 radical (unpaired) electrons. The van der Waals surface area contributed by atoms with Gasteiger partial charge in [-0.1, -0.05) is 6.92 Å². The Morgan fingerprint density at radius 2 is 1.89 bits per heavy atom. The van der Waals surface area contributed by atoms with Crippen LogP contribution in [0.3, 0.4) is 0 Å². The minimum Gasteiger partial charge on any atom is -0.406 e. The van der Waals surface area contributed by atoms with Crippen molar-refractivity contribution in [1.82, 2.24) is 14.8 Å². The van der Waals surface area contributed by atoms with Crippen LogP contribution in [-0.2, 0) is 9.84 Å². The zero-order chi connectivity index (χ0) is 27.6. The number of ether oxygens (including phenoxy) is 1. The maximum Gasteiger partial charge on any atom is 0.573 e. The van der Waals surface area contributed by atoms with Crippen LogP contribution in [0.15, 0.2) is 30.5 Å². The van der Waals surface area contributed by atoms with E-state index in [9.17, 15) is 35.9 Å². The Balaban J connectivity index is 1.82. The van der Waals surface area contributed by atoms with Gasteiger partial charge in [-0.2, -0.15) is 5.10 Å². The molecule has 13 heteroatoms. The first-order chi connectivity index (χ1) is 16.9. The molecule has 1 unspecified atom stereocenters. The number of hydrogen-bond donors (Lipinski definition) is 1. The van der Waals surface area contributed by atoms with Gasteiger partial charge < -0.3 is 9.84 Å². The highest BCUT2D eigenvalue weighted by atomic mass is 32.2. The number of alkyl halides is 3. The summed E-state index contributed by atoms with van der Waals surface area (Å²) >= 11 is 0. The Morgan fingerprint density at radius 3 is 2.46 bits per heavy atom. The number of ketones is 1. The van der Waals surface area contributed by atoms with E-state index in [-0.39, 0.29) is 51.6 Å². The van der Waals surface area contributed by atoms with Crippen LogP contribution in [-0.4, -0.2) is 57.5 Å². The van der Waals surface area contributed by atoms with Crippen LogP contribution in [0.1, 0.15) is 50.5 Å². The van der Waals surface area contributed by atoms with Gasteiger partial charge in [0.15, 0.2) is 15.6 Å². The van der Waals surface area contributed by atoms with Crippen molar-refractivity contribution in [2.45, 2.75) is 52.1 Å². The van der Waals surface area contributed by atoms with Gasteiger partial charge in [-0.25, -0.2) is 12.8 Å². The van der Waals surface area contributed by atoms with Crippen LogP contribution in [0, 0.1) is 11.2 Å². The largest absolute Gasteiger partial charge is 0.573 e. The molecule has 0 amide bonds. The highest BCUT2D eigenvalue weighted by molar-refractivity contribution is 7.92. The minimum atomic E-state index is -4.99. The molecule has 3 aromatic rings. The fourth-order valence-electron chi connectivity index (χ4n) is 4.44. The molecule has 0 bridgehead atoms. The third-order valence-electron chi connectivity index (χ3n) is 6.41. The van der Waals surface area contributed by atoms with Gasteiger partial charge in [0.1, 0.15) is 22.8 Å². The summed E-state index contributed by atoms with van der Waals surface area (Å²) in [5.41, 5.74) is -1.96. The third-order valence-corrected chi connectivity index (χ3v) is 8.68. The van der Waals surface area contributed by atoms with Gasteiger partial charge in [0, 0.05) is 29.2 Å². The molecular weight excluding hydrogens is 518 g/mol. The maximum atomic E-state index is 14.8. The highest BCUT2D eigenvalue weighted by Gasteiger charge is 2.46. The SMILES string of the molecule is CC(n1nc(-c2cc(OC(F)(F)F)ccc2F)c2ncc(C(=O)CC3(C)CS(=O)(=O)C3)cc21)C(C)(C)O. The number of rotatable bonds is 7. The Labute approximate surface area is 210 Å². The summed E-state index contributed by atoms with van der Waals surface area (Å²) in [4.78, 5) is 17.3. The zero-order valence-corrected chi connectivity index (χ0v) is 21.2. The van der Waals surface area contributed by atoms with Gasteiger partial charge in [-0.3, -0.25) is 14.5 Å². The lowest BCUT2D eigenvalue weighted by Crippen LogP contribution is -2.47. The van der Waals surface area contributed by atoms with E-state index in [1.54, 1.807) is 13.8 Å². The molecule has 2 aromatic heterocycles. The number of aliphatic hydroxyl groups is 1. The Hall–Kier alpha value is -3.06. The highest BCUT2D eigenvalue weighted by Crippen LogP contribution is 2.38. The van der Waals surface area contributed by atoms with E-state index in [1.807, 2.05) is 0 Å². The standard InChI is InChI=1S/C24H25F4N3O5S/c1-13(22(2,3)33)31-18-7-14(19(32)9-23(4)11-37(34,35)12-23)10-29-21(18)20(30-31)16-8-15(5-6-17(16)25)36-24(26,27)28/h5-8,10,13,33H,9,11-12H2,1-4H3. The van der Waals surface area contributed by atoms with Crippen molar-refractivity contribution in [2.24, 2.45) is 5.41 Å². The molecule has 1 N–H and O–H groups in total. The molecule has 1 fully saturated rings. The van der Waals surface area contributed by atoms with Gasteiger partial charge in [-0.05, 0) is 45.0 Å². The first-order valence-electron chi connectivity index (χ1n) is 11.3. The lowest BCUT2D eigenvalue weighted by molar-refractivity contribution is -0.274. The molecule has 3 heterocycles. The summed E-state index contributed by atoms with van der Waals surface area (Å²) in [5.74, 6) is -2.09. The van der Waals surface area contributed by atoms with Gasteiger partial charge in [-0.15, -0.1) is 13.2 Å². The Bertz CT molecular complexity index is 1480. The summed E-state index contributed by atoms with van der Waals surface area (Å²) in [6.45, 7) is 6.37. The van der Waals surface area contributed by atoms with Crippen LogP contribution in [0.5, 0.6) is 5.75 Å². The number of sulfone groups is 1. The van der Waals surface area contributed by atoms with Gasteiger partial charge in [0.25, 0.3) is 0 Å². The third kappa shape index (κ3) is 5.61. The predicted octanol–water partition coefficient (Wildman–Crippen LogP) is 4.48. The summed E-state index contributed by atoms with van der Waals surface area (Å²) in [7, 11) is -3.16. The van der Waals surface area contributed by atoms with Crippen molar-refractivity contribution in [3.05, 3.63) is 41.8 Å². The normalized spacial score (nSPS) is 17.9. The summed E-state index contributed by atoms with van der Waals surface area (Å²) in [6, 6.07) is 3.22. The minimum absolute atomic E-state index is 0.0348. The number of benzene rings is 1. The molecule has 200 valence electrons. The second-order valence-corrected chi connectivity index (χ2v) is 12.4. The van der Waals surface area contributed by atoms with E-state index in [0.717, 1.165) is 18.2 Å². The monoisotopic (exact) mass is 543 g/mol. The number of nitrogens with zero attached hydrogens (tertiary/aromatic N) is 3. The molecule has 1 aliphatic rings. The number of carbonyl (C=O) groups excluding carboxylic acids is 1. The second kappa shape index (κ2) is 8.76. The van der Waals surface area contributed by atoms with Crippen molar-refractivity contribution in [3.8, 4) is 17.0 Å². The van der Waals surface area contributed by atoms with E-state index in [0.29, 0.717) is 0 Å². The van der Waals surface area contributed by atoms with Crippen molar-refractivity contribution < 1.29 is 40.6 Å². The molecular formula is C24H25F4N3O5S. The number of halogens is 4. The van der Waals surface area contributed by atoms with Gasteiger partial charge >= 0.3 is 6.36 Å². The van der Waals surface area contributed by atoms with Gasteiger partial charge in [0.05, 0.1) is 28.7 Å². The molecule has 0 saturated carbocycles. The number of aromatic nitrogens is 3. The first-order valence-corrected chi connectivity index (χ1v) is 13.1. The van der Waals surface area contributed by atoms with Crippen molar-refractivity contribution in [2.75, 3.05) is 11.5 Å². The number of fused-ring (bicyclic) bond motifs is 1. The van der Waals surface area contributed by atoms with Crippen molar-refractivity contribution >= 4 is 26.7 Å². The molecule has 1 atom stereocenters. The lowest BCUT2D eigenvalue weighted by Gasteiger charge is -2.37. The quantitative estimate of drug-likeness (QED) is 0.346. The first kappa shape index (κ1) is 27.0. The lowest BCUT2D eigenvalue weighted by atomic mass is 9.86. The molecule has 37 heavy (non-hydrogen) atoms. The van der Waals surface area contributed by atoms with Crippen molar-refractivity contribution in [1.29, 1.82) is 0 Å². The van der Waals surface area contributed by atoms with Crippen LogP contribution in [0.25, 0.3) is 22.3 Å². The number of hydrogen-bond acceptors (Lipinski definition) is 7. The summed E-state index contributed by atoms with van der Waals surface area (Å²) < 4.78 is 81.5. The fraction of sp³-hybridized carbons (Fsp3) is 0.458. The maximum absolute atomic E-state index is 14.8. The van der Waals surface area contributed by atoms with Crippen LogP contribution >= 0.6 is 0 Å². The predicted molar refractivity (Wildman–Crippen MR) is 126 cm³/mol. The van der Waals surface area contributed by atoms with E-state index in [1.165, 1.54) is 30.8 Å². The van der Waals surface area contributed by atoms with E-state index >= 15 is 0 Å². The summed E-state index contributed by atoms with van der Waals surface area (Å²) in [5, 5.41) is 15.0. The van der Waals surface area contributed by atoms with E-state index < -0.39 is 44.8 Å². The van der Waals surface area contributed by atoms with Crippen LogP contribution in [0.4, 0.5) is 17.6 Å². The van der Waals surface area contributed by atoms with Crippen LogP contribution in [0.2, 0.25) is 0 Å². The van der Waals surface area contributed by atoms with Crippen molar-refractivity contribution in [3.63, 3.8) is 0 Å². The number of Topliss-reactive ketones (excluding diaryl/α,β-unsaturated/α-hetero) is 1. The molecule has 0 aliphatic carbocycles.